The molecule has 1 aliphatic rings. The third-order valence-corrected chi connectivity index (χ3v) is 5.47. The number of aliphatic imine (C=N–C) groups is 1. The van der Waals surface area contributed by atoms with Crippen molar-refractivity contribution in [1.29, 1.82) is 0 Å². The molecule has 0 aromatic heterocycles. The molecule has 1 aromatic rings. The summed E-state index contributed by atoms with van der Waals surface area (Å²) in [5.74, 6) is 1.65. The zero-order valence-electron chi connectivity index (χ0n) is 18.8. The van der Waals surface area contributed by atoms with Gasteiger partial charge in [0.25, 0.3) is 0 Å². The van der Waals surface area contributed by atoms with Gasteiger partial charge in [-0.1, -0.05) is 26.0 Å². The van der Waals surface area contributed by atoms with Crippen LogP contribution in [0.5, 0.6) is 0 Å². The minimum atomic E-state index is -0.177. The first kappa shape index (κ1) is 23.2. The minimum Gasteiger partial charge on any atom is -0.370 e. The van der Waals surface area contributed by atoms with E-state index >= 15 is 0 Å². The molecule has 0 spiro atoms. The summed E-state index contributed by atoms with van der Waals surface area (Å²) < 4.78 is 0. The van der Waals surface area contributed by atoms with Crippen LogP contribution in [0, 0.1) is 5.92 Å². The molecule has 1 saturated heterocycles. The van der Waals surface area contributed by atoms with Crippen molar-refractivity contribution in [2.45, 2.75) is 65.3 Å². The molecule has 1 unspecified atom stereocenters. The first-order valence-corrected chi connectivity index (χ1v) is 10.9. The number of piperidine rings is 1. The fourth-order valence-corrected chi connectivity index (χ4v) is 3.53. The van der Waals surface area contributed by atoms with Crippen LogP contribution in [0.2, 0.25) is 0 Å². The topological polar surface area (TPSA) is 82.8 Å². The van der Waals surface area contributed by atoms with Gasteiger partial charge in [-0.25, -0.2) is 0 Å². The summed E-state index contributed by atoms with van der Waals surface area (Å²) in [6.45, 7) is 13.5. The van der Waals surface area contributed by atoms with E-state index in [1.54, 1.807) is 0 Å². The van der Waals surface area contributed by atoms with Crippen LogP contribution >= 0.6 is 0 Å². The van der Waals surface area contributed by atoms with Gasteiger partial charge in [-0.2, -0.15) is 0 Å². The Kier molecular flexibility index (Phi) is 8.50. The van der Waals surface area contributed by atoms with E-state index in [2.05, 4.69) is 58.6 Å². The largest absolute Gasteiger partial charge is 0.370 e. The fraction of sp³-hybridized carbons (Fsp3) is 0.652. The summed E-state index contributed by atoms with van der Waals surface area (Å²) in [5, 5.41) is 6.21. The Bertz CT molecular complexity index is 670. The normalized spacial score (nSPS) is 17.8. The molecule has 1 amide bonds. The van der Waals surface area contributed by atoms with E-state index in [0.717, 1.165) is 44.6 Å². The smallest absolute Gasteiger partial charge is 0.234 e. The summed E-state index contributed by atoms with van der Waals surface area (Å²) in [4.78, 5) is 18.8. The zero-order chi connectivity index (χ0) is 21.4. The second-order valence-corrected chi connectivity index (χ2v) is 9.30. The number of hydrogen-bond acceptors (Lipinski definition) is 3. The van der Waals surface area contributed by atoms with Crippen LogP contribution in [-0.4, -0.2) is 48.5 Å². The lowest BCUT2D eigenvalue weighted by atomic mass is 9.97. The van der Waals surface area contributed by atoms with Crippen LogP contribution in [0.3, 0.4) is 0 Å². The quantitative estimate of drug-likeness (QED) is 0.482. The van der Waals surface area contributed by atoms with Crippen LogP contribution in [0.15, 0.2) is 29.3 Å². The Labute approximate surface area is 176 Å². The van der Waals surface area contributed by atoms with Crippen molar-refractivity contribution >= 4 is 17.6 Å². The highest BCUT2D eigenvalue weighted by atomic mass is 16.2. The van der Waals surface area contributed by atoms with Crippen molar-refractivity contribution in [2.24, 2.45) is 16.6 Å². The van der Waals surface area contributed by atoms with Crippen LogP contribution < -0.4 is 16.4 Å². The second-order valence-electron chi connectivity index (χ2n) is 9.30. The lowest BCUT2D eigenvalue weighted by Gasteiger charge is -2.31. The monoisotopic (exact) mass is 401 g/mol. The summed E-state index contributed by atoms with van der Waals surface area (Å²) in [5.41, 5.74) is 8.21. The Morgan fingerprint density at radius 3 is 2.41 bits per heavy atom. The SMILES string of the molecule is CCC(C)c1ccc(NC(N)=NCC2CCN(CC(=O)NC(C)(C)C)CC2)cc1. The Balaban J connectivity index is 1.73. The lowest BCUT2D eigenvalue weighted by Crippen LogP contribution is -2.47. The predicted octanol–water partition coefficient (Wildman–Crippen LogP) is 3.55. The molecular weight excluding hydrogens is 362 g/mol. The van der Waals surface area contributed by atoms with E-state index in [4.69, 9.17) is 5.73 Å². The van der Waals surface area contributed by atoms with Gasteiger partial charge in [-0.05, 0) is 82.7 Å². The molecule has 1 aromatic carbocycles. The molecule has 1 atom stereocenters. The third kappa shape index (κ3) is 8.44. The number of carbonyl (C=O) groups is 1. The van der Waals surface area contributed by atoms with Crippen LogP contribution in [0.25, 0.3) is 0 Å². The Morgan fingerprint density at radius 2 is 1.86 bits per heavy atom. The van der Waals surface area contributed by atoms with E-state index in [0.29, 0.717) is 24.3 Å². The summed E-state index contributed by atoms with van der Waals surface area (Å²) in [7, 11) is 0. The number of anilines is 1. The number of hydrogen-bond donors (Lipinski definition) is 3. The van der Waals surface area contributed by atoms with Gasteiger partial charge >= 0.3 is 0 Å². The second kappa shape index (κ2) is 10.6. The maximum absolute atomic E-state index is 12.1. The van der Waals surface area contributed by atoms with Gasteiger partial charge in [0.15, 0.2) is 5.96 Å². The Hall–Kier alpha value is -2.08. The summed E-state index contributed by atoms with van der Waals surface area (Å²) in [6, 6.07) is 8.42. The number of carbonyl (C=O) groups excluding carboxylic acids is 1. The average Bonchev–Trinajstić information content (AvgIpc) is 2.66. The molecule has 1 fully saturated rings. The van der Waals surface area contributed by atoms with E-state index in [9.17, 15) is 4.79 Å². The maximum atomic E-state index is 12.1. The number of amides is 1. The molecule has 0 bridgehead atoms. The van der Waals surface area contributed by atoms with E-state index in [1.807, 2.05) is 20.8 Å². The number of benzene rings is 1. The molecule has 1 heterocycles. The highest BCUT2D eigenvalue weighted by molar-refractivity contribution is 5.92. The first-order valence-electron chi connectivity index (χ1n) is 10.9. The molecule has 0 radical (unpaired) electrons. The van der Waals surface area contributed by atoms with Crippen molar-refractivity contribution in [3.05, 3.63) is 29.8 Å². The maximum Gasteiger partial charge on any atom is 0.234 e. The lowest BCUT2D eigenvalue weighted by molar-refractivity contribution is -0.124. The van der Waals surface area contributed by atoms with Gasteiger partial charge in [-0.3, -0.25) is 14.7 Å². The standard InChI is InChI=1S/C23H39N5O/c1-6-17(2)19-7-9-20(10-8-19)26-22(24)25-15-18-11-13-28(14-12-18)16-21(29)27-23(3,4)5/h7-10,17-18H,6,11-16H2,1-5H3,(H,27,29)(H3,24,25,26). The highest BCUT2D eigenvalue weighted by Gasteiger charge is 2.22. The number of rotatable bonds is 7. The van der Waals surface area contributed by atoms with E-state index in [-0.39, 0.29) is 11.4 Å². The molecule has 1 aliphatic heterocycles. The summed E-state index contributed by atoms with van der Waals surface area (Å²) in [6.07, 6.45) is 3.23. The number of nitrogens with two attached hydrogens (primary N) is 1. The van der Waals surface area contributed by atoms with Crippen molar-refractivity contribution in [1.82, 2.24) is 10.2 Å². The van der Waals surface area contributed by atoms with Crippen LogP contribution in [0.4, 0.5) is 5.69 Å². The zero-order valence-corrected chi connectivity index (χ0v) is 18.8. The van der Waals surface area contributed by atoms with Gasteiger partial charge in [0.2, 0.25) is 5.91 Å². The van der Waals surface area contributed by atoms with Gasteiger partial charge < -0.3 is 16.4 Å². The van der Waals surface area contributed by atoms with Crippen molar-refractivity contribution in [3.63, 3.8) is 0 Å². The van der Waals surface area contributed by atoms with Crippen molar-refractivity contribution < 1.29 is 4.79 Å². The Morgan fingerprint density at radius 1 is 1.24 bits per heavy atom. The predicted molar refractivity (Wildman–Crippen MR) is 122 cm³/mol. The highest BCUT2D eigenvalue weighted by Crippen LogP contribution is 2.21. The van der Waals surface area contributed by atoms with E-state index in [1.165, 1.54) is 5.56 Å². The molecule has 6 heteroatoms. The average molecular weight is 402 g/mol. The number of guanidine groups is 1. The van der Waals surface area contributed by atoms with Crippen LogP contribution in [-0.2, 0) is 4.79 Å². The first-order chi connectivity index (χ1) is 13.7. The third-order valence-electron chi connectivity index (χ3n) is 5.47. The number of likely N-dealkylation sites (tertiary alicyclic amines) is 1. The number of nitrogens with zero attached hydrogens (tertiary/aromatic N) is 2. The molecule has 4 N–H and O–H groups in total. The summed E-state index contributed by atoms with van der Waals surface area (Å²) >= 11 is 0. The van der Waals surface area contributed by atoms with Gasteiger partial charge in [0.1, 0.15) is 0 Å². The van der Waals surface area contributed by atoms with Gasteiger partial charge in [-0.15, -0.1) is 0 Å². The minimum absolute atomic E-state index is 0.0989. The molecule has 162 valence electrons. The molecular formula is C23H39N5O. The molecule has 0 saturated carbocycles. The van der Waals surface area contributed by atoms with Gasteiger partial charge in [0, 0.05) is 17.8 Å². The molecule has 6 nitrogen and oxygen atoms in total. The molecule has 0 aliphatic carbocycles. The number of nitrogens with one attached hydrogen (secondary N) is 2. The van der Waals surface area contributed by atoms with E-state index < -0.39 is 0 Å². The molecule has 2 rings (SSSR count). The van der Waals surface area contributed by atoms with Gasteiger partial charge in [0.05, 0.1) is 6.54 Å². The fourth-order valence-electron chi connectivity index (χ4n) is 3.53. The van der Waals surface area contributed by atoms with Crippen molar-refractivity contribution in [3.8, 4) is 0 Å². The molecule has 29 heavy (non-hydrogen) atoms. The van der Waals surface area contributed by atoms with Crippen LogP contribution in [0.1, 0.15) is 65.4 Å². The van der Waals surface area contributed by atoms with Crippen molar-refractivity contribution in [2.75, 3.05) is 31.5 Å².